The molecular formula is C27H29Cl2N5O4. The van der Waals surface area contributed by atoms with Gasteiger partial charge in [0, 0.05) is 30.3 Å². The number of likely N-dealkylation sites (tertiary alicyclic amines) is 1. The van der Waals surface area contributed by atoms with Gasteiger partial charge in [0.15, 0.2) is 0 Å². The molecule has 5 rings (SSSR count). The SMILES string of the molecule is O=C(NCC1CCCO1)c1ccccc1NC(=O)C1CCCN(Cc2nc(-c3ccc(Cl)cc3Cl)no2)C1. The van der Waals surface area contributed by atoms with Crippen molar-refractivity contribution in [3.63, 3.8) is 0 Å². The van der Waals surface area contributed by atoms with E-state index in [1.807, 2.05) is 0 Å². The molecule has 2 aliphatic heterocycles. The lowest BCUT2D eigenvalue weighted by molar-refractivity contribution is -0.121. The van der Waals surface area contributed by atoms with Crippen LogP contribution in [-0.2, 0) is 16.1 Å². The molecule has 0 saturated carbocycles. The van der Waals surface area contributed by atoms with Crippen LogP contribution in [0, 0.1) is 5.92 Å². The number of nitrogens with one attached hydrogen (secondary N) is 2. The summed E-state index contributed by atoms with van der Waals surface area (Å²) in [5.74, 6) is 0.255. The molecule has 3 heterocycles. The molecule has 2 amide bonds. The van der Waals surface area contributed by atoms with Crippen LogP contribution in [0.2, 0.25) is 10.0 Å². The maximum absolute atomic E-state index is 13.2. The summed E-state index contributed by atoms with van der Waals surface area (Å²) in [5.41, 5.74) is 1.58. The summed E-state index contributed by atoms with van der Waals surface area (Å²) in [7, 11) is 0. The summed E-state index contributed by atoms with van der Waals surface area (Å²) in [6.45, 7) is 2.96. The number of carbonyl (C=O) groups excluding carboxylic acids is 2. The average Bonchev–Trinajstić information content (AvgIpc) is 3.60. The molecule has 0 spiro atoms. The van der Waals surface area contributed by atoms with Gasteiger partial charge in [0.1, 0.15) is 0 Å². The van der Waals surface area contributed by atoms with Crippen molar-refractivity contribution in [1.29, 1.82) is 0 Å². The summed E-state index contributed by atoms with van der Waals surface area (Å²) in [5, 5.41) is 10.9. The van der Waals surface area contributed by atoms with Gasteiger partial charge in [0.05, 0.1) is 34.8 Å². The van der Waals surface area contributed by atoms with Crippen LogP contribution in [-0.4, -0.2) is 59.2 Å². The second-order valence-corrected chi connectivity index (χ2v) is 10.4. The van der Waals surface area contributed by atoms with E-state index in [2.05, 4.69) is 25.7 Å². The Bertz CT molecular complexity index is 1290. The lowest BCUT2D eigenvalue weighted by atomic mass is 9.96. The molecule has 9 nitrogen and oxygen atoms in total. The zero-order valence-electron chi connectivity index (χ0n) is 20.8. The molecule has 200 valence electrons. The number of halogens is 2. The first-order chi connectivity index (χ1) is 18.5. The summed E-state index contributed by atoms with van der Waals surface area (Å²) >= 11 is 12.3. The van der Waals surface area contributed by atoms with E-state index >= 15 is 0 Å². The Balaban J connectivity index is 1.18. The molecule has 38 heavy (non-hydrogen) atoms. The number of aromatic nitrogens is 2. The number of benzene rings is 2. The molecule has 0 radical (unpaired) electrons. The van der Waals surface area contributed by atoms with E-state index in [0.717, 1.165) is 38.8 Å². The number of hydrogen-bond acceptors (Lipinski definition) is 7. The Morgan fingerprint density at radius 3 is 2.79 bits per heavy atom. The second kappa shape index (κ2) is 12.3. The highest BCUT2D eigenvalue weighted by Crippen LogP contribution is 2.29. The predicted octanol–water partition coefficient (Wildman–Crippen LogP) is 4.80. The minimum Gasteiger partial charge on any atom is -0.376 e. The van der Waals surface area contributed by atoms with Gasteiger partial charge < -0.3 is 19.9 Å². The van der Waals surface area contributed by atoms with Crippen molar-refractivity contribution in [3.8, 4) is 11.4 Å². The molecule has 2 fully saturated rings. The van der Waals surface area contributed by atoms with Gasteiger partial charge in [0.25, 0.3) is 5.91 Å². The van der Waals surface area contributed by atoms with Crippen LogP contribution in [0.1, 0.15) is 41.9 Å². The lowest BCUT2D eigenvalue weighted by Gasteiger charge is -2.31. The van der Waals surface area contributed by atoms with Gasteiger partial charge in [0.2, 0.25) is 17.6 Å². The first kappa shape index (κ1) is 26.6. The maximum Gasteiger partial charge on any atom is 0.253 e. The van der Waals surface area contributed by atoms with Gasteiger partial charge >= 0.3 is 0 Å². The molecule has 2 aliphatic rings. The van der Waals surface area contributed by atoms with Crippen molar-refractivity contribution in [1.82, 2.24) is 20.4 Å². The van der Waals surface area contributed by atoms with Crippen LogP contribution in [0.5, 0.6) is 0 Å². The number of ether oxygens (including phenoxy) is 1. The van der Waals surface area contributed by atoms with Crippen molar-refractivity contribution in [2.24, 2.45) is 5.92 Å². The van der Waals surface area contributed by atoms with Crippen molar-refractivity contribution in [2.75, 3.05) is 31.6 Å². The molecule has 2 aromatic carbocycles. The Morgan fingerprint density at radius 2 is 1.97 bits per heavy atom. The number of hydrogen-bond donors (Lipinski definition) is 2. The zero-order valence-corrected chi connectivity index (χ0v) is 22.3. The summed E-state index contributed by atoms with van der Waals surface area (Å²) in [6, 6.07) is 12.2. The molecule has 1 aromatic heterocycles. The Morgan fingerprint density at radius 1 is 1.11 bits per heavy atom. The number of anilines is 1. The number of amides is 2. The van der Waals surface area contributed by atoms with Crippen LogP contribution < -0.4 is 10.6 Å². The van der Waals surface area contributed by atoms with E-state index in [4.69, 9.17) is 32.5 Å². The van der Waals surface area contributed by atoms with E-state index in [1.165, 1.54) is 0 Å². The van der Waals surface area contributed by atoms with Crippen molar-refractivity contribution >= 4 is 40.7 Å². The molecule has 11 heteroatoms. The standard InChI is InChI=1S/C27H29Cl2N5O4/c28-18-9-10-20(22(29)13-18)25-32-24(38-33-25)16-34-11-3-5-17(15-34)26(35)31-23-8-2-1-7-21(23)27(36)30-14-19-6-4-12-37-19/h1-2,7-10,13,17,19H,3-6,11-12,14-16H2,(H,30,36)(H,31,35). The third-order valence-electron chi connectivity index (χ3n) is 6.82. The maximum atomic E-state index is 13.2. The van der Waals surface area contributed by atoms with Crippen molar-refractivity contribution < 1.29 is 18.8 Å². The number of piperidine rings is 1. The van der Waals surface area contributed by atoms with E-state index in [0.29, 0.717) is 58.2 Å². The monoisotopic (exact) mass is 557 g/mol. The highest BCUT2D eigenvalue weighted by molar-refractivity contribution is 6.36. The van der Waals surface area contributed by atoms with Crippen LogP contribution in [0.4, 0.5) is 5.69 Å². The van der Waals surface area contributed by atoms with Crippen LogP contribution in [0.15, 0.2) is 47.0 Å². The van der Waals surface area contributed by atoms with Gasteiger partial charge in [-0.15, -0.1) is 0 Å². The van der Waals surface area contributed by atoms with Gasteiger partial charge in [-0.05, 0) is 62.6 Å². The van der Waals surface area contributed by atoms with Gasteiger partial charge in [-0.1, -0.05) is 40.5 Å². The molecule has 2 atom stereocenters. The summed E-state index contributed by atoms with van der Waals surface area (Å²) in [6.07, 6.45) is 3.61. The van der Waals surface area contributed by atoms with Crippen LogP contribution >= 0.6 is 23.2 Å². The molecule has 2 saturated heterocycles. The highest BCUT2D eigenvalue weighted by Gasteiger charge is 2.28. The van der Waals surface area contributed by atoms with Crippen LogP contribution in [0.25, 0.3) is 11.4 Å². The molecule has 0 bridgehead atoms. The average molecular weight is 558 g/mol. The number of para-hydroxylation sites is 1. The van der Waals surface area contributed by atoms with Crippen molar-refractivity contribution in [2.45, 2.75) is 38.3 Å². The van der Waals surface area contributed by atoms with Gasteiger partial charge in [-0.3, -0.25) is 14.5 Å². The van der Waals surface area contributed by atoms with Gasteiger partial charge in [-0.2, -0.15) is 4.98 Å². The van der Waals surface area contributed by atoms with E-state index in [-0.39, 0.29) is 23.8 Å². The minimum atomic E-state index is -0.236. The fourth-order valence-corrected chi connectivity index (χ4v) is 5.33. The van der Waals surface area contributed by atoms with Crippen LogP contribution in [0.3, 0.4) is 0 Å². The molecule has 2 N–H and O–H groups in total. The van der Waals surface area contributed by atoms with E-state index < -0.39 is 0 Å². The van der Waals surface area contributed by atoms with E-state index in [1.54, 1.807) is 42.5 Å². The largest absolute Gasteiger partial charge is 0.376 e. The molecular weight excluding hydrogens is 529 g/mol. The number of nitrogens with zero attached hydrogens (tertiary/aromatic N) is 3. The quantitative estimate of drug-likeness (QED) is 0.409. The molecule has 3 aromatic rings. The topological polar surface area (TPSA) is 110 Å². The normalized spacial score (nSPS) is 19.8. The Hall–Kier alpha value is -2.98. The molecule has 2 unspecified atom stereocenters. The third-order valence-corrected chi connectivity index (χ3v) is 7.37. The molecule has 0 aliphatic carbocycles. The lowest BCUT2D eigenvalue weighted by Crippen LogP contribution is -2.40. The minimum absolute atomic E-state index is 0.0482. The number of carbonyl (C=O) groups is 2. The first-order valence-electron chi connectivity index (χ1n) is 12.8. The summed E-state index contributed by atoms with van der Waals surface area (Å²) < 4.78 is 11.0. The Labute approximate surface area is 230 Å². The second-order valence-electron chi connectivity index (χ2n) is 9.59. The summed E-state index contributed by atoms with van der Waals surface area (Å²) in [4.78, 5) is 32.6. The fourth-order valence-electron chi connectivity index (χ4n) is 4.84. The van der Waals surface area contributed by atoms with Crippen molar-refractivity contribution in [3.05, 3.63) is 64.0 Å². The first-order valence-corrected chi connectivity index (χ1v) is 13.5. The fraction of sp³-hybridized carbons (Fsp3) is 0.407. The third kappa shape index (κ3) is 6.53. The highest BCUT2D eigenvalue weighted by atomic mass is 35.5. The van der Waals surface area contributed by atoms with Gasteiger partial charge in [-0.25, -0.2) is 0 Å². The Kier molecular flexibility index (Phi) is 8.58. The number of rotatable bonds is 8. The van der Waals surface area contributed by atoms with E-state index in [9.17, 15) is 9.59 Å². The predicted molar refractivity (Wildman–Crippen MR) is 144 cm³/mol. The smallest absolute Gasteiger partial charge is 0.253 e. The zero-order chi connectivity index (χ0) is 26.5.